The highest BCUT2D eigenvalue weighted by molar-refractivity contribution is 5.73. The second-order valence-corrected chi connectivity index (χ2v) is 6.06. The fraction of sp³-hybridized carbons (Fsp3) is 0.611. The van der Waals surface area contributed by atoms with Crippen molar-refractivity contribution in [3.63, 3.8) is 0 Å². The summed E-state index contributed by atoms with van der Waals surface area (Å²) in [6.07, 6.45) is -1.42. The van der Waals surface area contributed by atoms with Crippen molar-refractivity contribution in [2.24, 2.45) is 0 Å². The summed E-state index contributed by atoms with van der Waals surface area (Å²) in [7, 11) is 0. The Hall–Kier alpha value is -1.52. The lowest BCUT2D eigenvalue weighted by atomic mass is 9.87. The number of hydrogen-bond acceptors (Lipinski definition) is 1. The molecule has 1 aliphatic heterocycles. The largest absolute Gasteiger partial charge is 0.416 e. The number of rotatable bonds is 1. The van der Waals surface area contributed by atoms with Crippen LogP contribution in [0.5, 0.6) is 0 Å². The topological polar surface area (TPSA) is 20.3 Å². The second kappa shape index (κ2) is 8.37. The summed E-state index contributed by atoms with van der Waals surface area (Å²) in [6, 6.07) is 4.38. The Morgan fingerprint density at radius 2 is 1.74 bits per heavy atom. The molecule has 1 saturated heterocycles. The molecule has 1 aromatic carbocycles. The van der Waals surface area contributed by atoms with Gasteiger partial charge in [-0.05, 0) is 42.9 Å². The molecule has 0 bridgehead atoms. The highest BCUT2D eigenvalue weighted by Crippen LogP contribution is 2.35. The third-order valence-corrected chi connectivity index (χ3v) is 3.97. The number of hydrogen-bond donors (Lipinski definition) is 0. The molecule has 0 N–H and O–H groups in total. The zero-order valence-corrected chi connectivity index (χ0v) is 14.3. The predicted octanol–water partition coefficient (Wildman–Crippen LogP) is 5.16. The third kappa shape index (κ3) is 5.56. The van der Waals surface area contributed by atoms with E-state index in [4.69, 9.17) is 0 Å². The van der Waals surface area contributed by atoms with Gasteiger partial charge in [-0.15, -0.1) is 0 Å². The molecule has 0 saturated carbocycles. The lowest BCUT2D eigenvalue weighted by molar-refractivity contribution is -0.138. The Kier molecular flexibility index (Phi) is 7.10. The molecule has 1 aromatic rings. The van der Waals surface area contributed by atoms with Crippen LogP contribution in [0.3, 0.4) is 0 Å². The van der Waals surface area contributed by atoms with Crippen molar-refractivity contribution in [2.75, 3.05) is 13.1 Å². The number of likely N-dealkylation sites (tertiary alicyclic amines) is 1. The standard InChI is InChI=1S/C15H18F3NO.C3H8/c1-10-9-13(3-4-14(10)15(16,17)18)12-5-7-19(8-6-12)11(2)20;1-3-2/h3-4,9,12H,5-8H2,1-2H3;3H2,1-2H3. The molecule has 2 rings (SSSR count). The minimum atomic E-state index is -4.29. The molecule has 1 amide bonds. The Balaban J connectivity index is 0.000000816. The van der Waals surface area contributed by atoms with Gasteiger partial charge in [0.1, 0.15) is 0 Å². The fourth-order valence-corrected chi connectivity index (χ4v) is 2.79. The molecule has 1 fully saturated rings. The molecule has 1 aliphatic rings. The minimum Gasteiger partial charge on any atom is -0.343 e. The van der Waals surface area contributed by atoms with E-state index >= 15 is 0 Å². The summed E-state index contributed by atoms with van der Waals surface area (Å²) in [5, 5.41) is 0. The lowest BCUT2D eigenvalue weighted by Gasteiger charge is -2.31. The summed E-state index contributed by atoms with van der Waals surface area (Å²) in [5.74, 6) is 0.304. The van der Waals surface area contributed by atoms with Crippen LogP contribution in [0.4, 0.5) is 13.2 Å². The van der Waals surface area contributed by atoms with E-state index in [0.717, 1.165) is 18.4 Å². The van der Waals surface area contributed by atoms with Crippen molar-refractivity contribution in [1.29, 1.82) is 0 Å². The predicted molar refractivity (Wildman–Crippen MR) is 86.4 cm³/mol. The van der Waals surface area contributed by atoms with Crippen molar-refractivity contribution in [3.8, 4) is 0 Å². The van der Waals surface area contributed by atoms with Crippen LogP contribution in [0.2, 0.25) is 0 Å². The van der Waals surface area contributed by atoms with Gasteiger partial charge in [0.2, 0.25) is 5.91 Å². The Bertz CT molecular complexity index is 517. The van der Waals surface area contributed by atoms with Crippen LogP contribution in [-0.2, 0) is 11.0 Å². The maximum absolute atomic E-state index is 12.7. The molecule has 0 spiro atoms. The maximum atomic E-state index is 12.7. The molecule has 5 heteroatoms. The van der Waals surface area contributed by atoms with E-state index in [-0.39, 0.29) is 17.4 Å². The highest BCUT2D eigenvalue weighted by atomic mass is 19.4. The molecule has 1 heterocycles. The monoisotopic (exact) mass is 329 g/mol. The first-order valence-electron chi connectivity index (χ1n) is 8.13. The van der Waals surface area contributed by atoms with Gasteiger partial charge < -0.3 is 4.90 Å². The van der Waals surface area contributed by atoms with E-state index in [2.05, 4.69) is 13.8 Å². The van der Waals surface area contributed by atoms with E-state index in [1.165, 1.54) is 19.4 Å². The summed E-state index contributed by atoms with van der Waals surface area (Å²) >= 11 is 0. The highest BCUT2D eigenvalue weighted by Gasteiger charge is 2.32. The zero-order valence-electron chi connectivity index (χ0n) is 14.3. The molecular formula is C18H26F3NO. The summed E-state index contributed by atoms with van der Waals surface area (Å²) in [5.41, 5.74) is 0.644. The van der Waals surface area contributed by atoms with Gasteiger partial charge in [-0.3, -0.25) is 4.79 Å². The molecule has 130 valence electrons. The summed E-state index contributed by atoms with van der Waals surface area (Å²) in [6.45, 7) is 8.65. The minimum absolute atomic E-state index is 0.0621. The van der Waals surface area contributed by atoms with Gasteiger partial charge in [-0.1, -0.05) is 32.4 Å². The number of nitrogens with zero attached hydrogens (tertiary/aromatic N) is 1. The Morgan fingerprint density at radius 3 is 2.13 bits per heavy atom. The number of piperidine rings is 1. The number of carbonyl (C=O) groups is 1. The SMILES string of the molecule is CC(=O)N1CCC(c2ccc(C(F)(F)F)c(C)c2)CC1.CCC. The lowest BCUT2D eigenvalue weighted by Crippen LogP contribution is -2.36. The normalized spacial score (nSPS) is 15.9. The van der Waals surface area contributed by atoms with Gasteiger partial charge in [0.25, 0.3) is 0 Å². The first-order valence-corrected chi connectivity index (χ1v) is 8.13. The smallest absolute Gasteiger partial charge is 0.343 e. The number of carbonyl (C=O) groups excluding carboxylic acids is 1. The fourth-order valence-electron chi connectivity index (χ4n) is 2.79. The van der Waals surface area contributed by atoms with E-state index in [0.29, 0.717) is 13.1 Å². The van der Waals surface area contributed by atoms with Crippen molar-refractivity contribution >= 4 is 5.91 Å². The molecule has 2 nitrogen and oxygen atoms in total. The van der Waals surface area contributed by atoms with E-state index in [9.17, 15) is 18.0 Å². The van der Waals surface area contributed by atoms with E-state index in [1.807, 2.05) is 0 Å². The van der Waals surface area contributed by atoms with Crippen LogP contribution in [0, 0.1) is 6.92 Å². The van der Waals surface area contributed by atoms with E-state index in [1.54, 1.807) is 24.0 Å². The van der Waals surface area contributed by atoms with Crippen molar-refractivity contribution in [3.05, 3.63) is 34.9 Å². The average molecular weight is 329 g/mol. The first-order chi connectivity index (χ1) is 10.7. The number of halogens is 3. The number of benzene rings is 1. The van der Waals surface area contributed by atoms with E-state index < -0.39 is 11.7 Å². The Labute approximate surface area is 136 Å². The van der Waals surface area contributed by atoms with Crippen LogP contribution in [0.25, 0.3) is 0 Å². The number of amides is 1. The van der Waals surface area contributed by atoms with Gasteiger partial charge in [0.05, 0.1) is 5.56 Å². The number of aryl methyl sites for hydroxylation is 1. The third-order valence-electron chi connectivity index (χ3n) is 3.97. The van der Waals surface area contributed by atoms with Gasteiger partial charge in [-0.2, -0.15) is 13.2 Å². The average Bonchev–Trinajstić information content (AvgIpc) is 2.46. The van der Waals surface area contributed by atoms with Crippen molar-refractivity contribution in [2.45, 2.75) is 59.1 Å². The zero-order chi connectivity index (χ0) is 17.6. The summed E-state index contributed by atoms with van der Waals surface area (Å²) in [4.78, 5) is 13.0. The second-order valence-electron chi connectivity index (χ2n) is 6.06. The molecule has 0 unspecified atom stereocenters. The molecule has 0 radical (unpaired) electrons. The van der Waals surface area contributed by atoms with Crippen LogP contribution in [-0.4, -0.2) is 23.9 Å². The van der Waals surface area contributed by atoms with Crippen LogP contribution >= 0.6 is 0 Å². The Morgan fingerprint density at radius 1 is 1.22 bits per heavy atom. The van der Waals surface area contributed by atoms with Crippen LogP contribution < -0.4 is 0 Å². The molecule has 0 aromatic heterocycles. The van der Waals surface area contributed by atoms with Gasteiger partial charge >= 0.3 is 6.18 Å². The van der Waals surface area contributed by atoms with Gasteiger partial charge in [-0.25, -0.2) is 0 Å². The molecule has 0 aliphatic carbocycles. The van der Waals surface area contributed by atoms with Crippen LogP contribution in [0.1, 0.15) is 62.6 Å². The molecule has 0 atom stereocenters. The van der Waals surface area contributed by atoms with Gasteiger partial charge in [0, 0.05) is 20.0 Å². The van der Waals surface area contributed by atoms with Gasteiger partial charge in [0.15, 0.2) is 0 Å². The first kappa shape index (κ1) is 19.5. The molecular weight excluding hydrogens is 303 g/mol. The van der Waals surface area contributed by atoms with Crippen molar-refractivity contribution < 1.29 is 18.0 Å². The maximum Gasteiger partial charge on any atom is 0.416 e. The van der Waals surface area contributed by atoms with Crippen LogP contribution in [0.15, 0.2) is 18.2 Å². The molecule has 23 heavy (non-hydrogen) atoms. The quantitative estimate of drug-likeness (QED) is 0.697. The number of alkyl halides is 3. The summed E-state index contributed by atoms with van der Waals surface area (Å²) < 4.78 is 38.2. The van der Waals surface area contributed by atoms with Crippen molar-refractivity contribution in [1.82, 2.24) is 4.90 Å².